The van der Waals surface area contributed by atoms with Crippen molar-refractivity contribution in [1.29, 1.82) is 0 Å². The van der Waals surface area contributed by atoms with Gasteiger partial charge in [0.25, 0.3) is 0 Å². The minimum Gasteiger partial charge on any atom is -0.309 e. The Bertz CT molecular complexity index is 422. The van der Waals surface area contributed by atoms with Crippen molar-refractivity contribution in [2.24, 2.45) is 0 Å². The summed E-state index contributed by atoms with van der Waals surface area (Å²) in [5.74, 6) is 1.52. The largest absolute Gasteiger partial charge is 0.309 e. The van der Waals surface area contributed by atoms with Gasteiger partial charge in [-0.15, -0.1) is 0 Å². The Morgan fingerprint density at radius 1 is 1.53 bits per heavy atom. The molecule has 0 saturated heterocycles. The number of fused-ring (bicyclic) bond motifs is 1. The van der Waals surface area contributed by atoms with Crippen LogP contribution in [-0.4, -0.2) is 22.3 Å². The number of hydrogen-bond donors (Lipinski definition) is 1. The van der Waals surface area contributed by atoms with Crippen molar-refractivity contribution >= 4 is 26.7 Å². The smallest absolute Gasteiger partial charge is 0.0360 e. The second-order valence-electron chi connectivity index (χ2n) is 4.29. The Morgan fingerprint density at radius 3 is 3.12 bits per heavy atom. The first-order chi connectivity index (χ1) is 8.22. The van der Waals surface area contributed by atoms with Crippen molar-refractivity contribution in [2.75, 3.05) is 18.1 Å². The van der Waals surface area contributed by atoms with Crippen LogP contribution in [0.2, 0.25) is 0 Å². The highest BCUT2D eigenvalue weighted by Gasteiger charge is 2.23. The van der Waals surface area contributed by atoms with Gasteiger partial charge in [-0.3, -0.25) is 4.21 Å². The topological polar surface area (TPSA) is 29.1 Å². The molecular formula is C13H18BrNOS. The molecule has 17 heavy (non-hydrogen) atoms. The van der Waals surface area contributed by atoms with Gasteiger partial charge < -0.3 is 5.32 Å². The first-order valence-corrected chi connectivity index (χ1v) is 8.36. The van der Waals surface area contributed by atoms with Crippen LogP contribution in [0.25, 0.3) is 0 Å². The molecule has 2 atom stereocenters. The molecule has 0 aliphatic heterocycles. The van der Waals surface area contributed by atoms with Gasteiger partial charge in [-0.2, -0.15) is 0 Å². The fraction of sp³-hybridized carbons (Fsp3) is 0.538. The zero-order valence-electron chi connectivity index (χ0n) is 10.0. The van der Waals surface area contributed by atoms with Crippen LogP contribution < -0.4 is 5.32 Å². The van der Waals surface area contributed by atoms with E-state index in [9.17, 15) is 4.21 Å². The SMILES string of the molecule is CCS(=O)CCNC1CCc2c(Br)cccc21. The quantitative estimate of drug-likeness (QED) is 0.905. The molecule has 2 unspecified atom stereocenters. The Kier molecular flexibility index (Phi) is 4.77. The second kappa shape index (κ2) is 6.12. The molecule has 1 N–H and O–H groups in total. The Balaban J connectivity index is 1.94. The van der Waals surface area contributed by atoms with E-state index in [0.717, 1.165) is 30.9 Å². The number of nitrogens with one attached hydrogen (secondary N) is 1. The molecule has 1 aromatic carbocycles. The lowest BCUT2D eigenvalue weighted by molar-refractivity contribution is 0.549. The average Bonchev–Trinajstić information content (AvgIpc) is 2.74. The van der Waals surface area contributed by atoms with Crippen molar-refractivity contribution < 1.29 is 4.21 Å². The third-order valence-corrected chi connectivity index (χ3v) is 5.30. The van der Waals surface area contributed by atoms with E-state index in [-0.39, 0.29) is 0 Å². The molecule has 0 amide bonds. The summed E-state index contributed by atoms with van der Waals surface area (Å²) in [4.78, 5) is 0. The van der Waals surface area contributed by atoms with E-state index in [1.807, 2.05) is 6.92 Å². The lowest BCUT2D eigenvalue weighted by Gasteiger charge is -2.13. The standard InChI is InChI=1S/C13H18BrNOS/c1-2-17(16)9-8-15-13-7-6-10-11(13)4-3-5-12(10)14/h3-5,13,15H,2,6-9H2,1H3. The zero-order valence-corrected chi connectivity index (χ0v) is 12.4. The first-order valence-electron chi connectivity index (χ1n) is 6.08. The molecule has 0 heterocycles. The van der Waals surface area contributed by atoms with E-state index >= 15 is 0 Å². The molecule has 2 rings (SSSR count). The molecule has 0 fully saturated rings. The minimum absolute atomic E-state index is 0.441. The summed E-state index contributed by atoms with van der Waals surface area (Å²) in [6.45, 7) is 2.81. The predicted molar refractivity (Wildman–Crippen MR) is 76.8 cm³/mol. The third kappa shape index (κ3) is 3.18. The summed E-state index contributed by atoms with van der Waals surface area (Å²) in [6.07, 6.45) is 2.28. The molecule has 0 aromatic heterocycles. The highest BCUT2D eigenvalue weighted by molar-refractivity contribution is 9.10. The lowest BCUT2D eigenvalue weighted by atomic mass is 10.1. The maximum Gasteiger partial charge on any atom is 0.0360 e. The Hall–Kier alpha value is -0.190. The molecule has 1 aromatic rings. The van der Waals surface area contributed by atoms with E-state index < -0.39 is 10.8 Å². The van der Waals surface area contributed by atoms with E-state index in [4.69, 9.17) is 0 Å². The number of hydrogen-bond acceptors (Lipinski definition) is 2. The van der Waals surface area contributed by atoms with Crippen molar-refractivity contribution in [2.45, 2.75) is 25.8 Å². The van der Waals surface area contributed by atoms with Gasteiger partial charge >= 0.3 is 0 Å². The van der Waals surface area contributed by atoms with Crippen LogP contribution in [0.15, 0.2) is 22.7 Å². The van der Waals surface area contributed by atoms with Crippen LogP contribution in [-0.2, 0) is 17.2 Å². The molecular weight excluding hydrogens is 298 g/mol. The van der Waals surface area contributed by atoms with Crippen molar-refractivity contribution in [3.8, 4) is 0 Å². The Morgan fingerprint density at radius 2 is 2.35 bits per heavy atom. The number of rotatable bonds is 5. The van der Waals surface area contributed by atoms with Crippen LogP contribution in [0.3, 0.4) is 0 Å². The maximum absolute atomic E-state index is 11.3. The van der Waals surface area contributed by atoms with Gasteiger partial charge in [0.1, 0.15) is 0 Å². The maximum atomic E-state index is 11.3. The first kappa shape index (κ1) is 13.2. The molecule has 1 aliphatic rings. The van der Waals surface area contributed by atoms with Gasteiger partial charge in [0.2, 0.25) is 0 Å². The number of benzene rings is 1. The monoisotopic (exact) mass is 315 g/mol. The molecule has 94 valence electrons. The highest BCUT2D eigenvalue weighted by Crippen LogP contribution is 2.35. The number of halogens is 1. The third-order valence-electron chi connectivity index (χ3n) is 3.26. The summed E-state index contributed by atoms with van der Waals surface area (Å²) >= 11 is 3.60. The van der Waals surface area contributed by atoms with Crippen LogP contribution in [0.1, 0.15) is 30.5 Å². The average molecular weight is 316 g/mol. The summed E-state index contributed by atoms with van der Waals surface area (Å²) in [7, 11) is -0.661. The van der Waals surface area contributed by atoms with Crippen LogP contribution >= 0.6 is 15.9 Å². The highest BCUT2D eigenvalue weighted by atomic mass is 79.9. The van der Waals surface area contributed by atoms with Crippen LogP contribution in [0, 0.1) is 0 Å². The summed E-state index contributed by atoms with van der Waals surface area (Å²) in [6, 6.07) is 6.83. The zero-order chi connectivity index (χ0) is 12.3. The van der Waals surface area contributed by atoms with Gasteiger partial charge in [-0.1, -0.05) is 35.0 Å². The van der Waals surface area contributed by atoms with Gasteiger partial charge in [0.15, 0.2) is 0 Å². The van der Waals surface area contributed by atoms with Crippen LogP contribution in [0.4, 0.5) is 0 Å². The molecule has 0 saturated carbocycles. The van der Waals surface area contributed by atoms with Crippen molar-refractivity contribution in [3.63, 3.8) is 0 Å². The van der Waals surface area contributed by atoms with Gasteiger partial charge in [-0.05, 0) is 30.0 Å². The minimum atomic E-state index is -0.661. The van der Waals surface area contributed by atoms with E-state index in [1.54, 1.807) is 0 Å². The lowest BCUT2D eigenvalue weighted by Crippen LogP contribution is -2.24. The molecule has 0 spiro atoms. The summed E-state index contributed by atoms with van der Waals surface area (Å²) in [5.41, 5.74) is 2.84. The van der Waals surface area contributed by atoms with Gasteiger partial charge in [0, 0.05) is 39.4 Å². The van der Waals surface area contributed by atoms with E-state index in [1.165, 1.54) is 15.6 Å². The molecule has 2 nitrogen and oxygen atoms in total. The van der Waals surface area contributed by atoms with Crippen LogP contribution in [0.5, 0.6) is 0 Å². The van der Waals surface area contributed by atoms with E-state index in [2.05, 4.69) is 39.4 Å². The molecule has 0 radical (unpaired) electrons. The van der Waals surface area contributed by atoms with Gasteiger partial charge in [0.05, 0.1) is 0 Å². The Labute approximate surface area is 114 Å². The predicted octanol–water partition coefficient (Wildman–Crippen LogP) is 2.79. The molecule has 4 heteroatoms. The summed E-state index contributed by atoms with van der Waals surface area (Å²) < 4.78 is 12.6. The fourth-order valence-corrected chi connectivity index (χ4v) is 3.53. The molecule has 0 bridgehead atoms. The van der Waals surface area contributed by atoms with E-state index in [0.29, 0.717) is 6.04 Å². The normalized spacial score (nSPS) is 20.2. The van der Waals surface area contributed by atoms with Gasteiger partial charge in [-0.25, -0.2) is 0 Å². The fourth-order valence-electron chi connectivity index (χ4n) is 2.31. The molecule has 1 aliphatic carbocycles. The van der Waals surface area contributed by atoms with Crippen molar-refractivity contribution in [3.05, 3.63) is 33.8 Å². The summed E-state index contributed by atoms with van der Waals surface area (Å²) in [5, 5.41) is 3.52. The van der Waals surface area contributed by atoms with Crippen molar-refractivity contribution in [1.82, 2.24) is 5.32 Å². The second-order valence-corrected chi connectivity index (χ2v) is 7.01.